The molecule has 38 heavy (non-hydrogen) atoms. The van der Waals surface area contributed by atoms with Crippen molar-refractivity contribution in [1.82, 2.24) is 19.6 Å². The minimum atomic E-state index is -4.54. The molecule has 6 nitrogen and oxygen atoms in total. The first-order chi connectivity index (χ1) is 18.0. The van der Waals surface area contributed by atoms with Gasteiger partial charge in [0.2, 0.25) is 0 Å². The number of thioether (sulfide) groups is 1. The van der Waals surface area contributed by atoms with Crippen molar-refractivity contribution in [2.75, 3.05) is 19.6 Å². The van der Waals surface area contributed by atoms with Gasteiger partial charge in [0.25, 0.3) is 11.1 Å². The molecule has 3 aromatic rings. The Morgan fingerprint density at radius 1 is 1.18 bits per heavy atom. The van der Waals surface area contributed by atoms with Crippen LogP contribution >= 0.6 is 23.4 Å². The van der Waals surface area contributed by atoms with Crippen LogP contribution in [0.5, 0.6) is 0 Å². The number of fused-ring (bicyclic) bond motifs is 1. The first kappa shape index (κ1) is 26.8. The number of imide groups is 1. The molecule has 2 amide bonds. The van der Waals surface area contributed by atoms with E-state index < -0.39 is 11.7 Å². The van der Waals surface area contributed by atoms with Crippen molar-refractivity contribution < 1.29 is 22.8 Å². The highest BCUT2D eigenvalue weighted by atomic mass is 35.5. The first-order valence-corrected chi connectivity index (χ1v) is 13.5. The number of carbonyl (C=O) groups is 2. The Bertz CT molecular complexity index is 1440. The number of carbonyl (C=O) groups excluding carboxylic acids is 2. The van der Waals surface area contributed by atoms with Gasteiger partial charge in [-0.05, 0) is 72.1 Å². The van der Waals surface area contributed by atoms with Gasteiger partial charge in [-0.1, -0.05) is 37.6 Å². The van der Waals surface area contributed by atoms with E-state index in [1.165, 1.54) is 21.7 Å². The van der Waals surface area contributed by atoms with E-state index in [0.29, 0.717) is 21.4 Å². The van der Waals surface area contributed by atoms with E-state index in [-0.39, 0.29) is 40.2 Å². The molecule has 200 valence electrons. The minimum Gasteiger partial charge on any atom is -0.303 e. The lowest BCUT2D eigenvalue weighted by molar-refractivity contribution is -0.138. The van der Waals surface area contributed by atoms with Crippen LogP contribution in [0.1, 0.15) is 37.0 Å². The highest BCUT2D eigenvalue weighted by Gasteiger charge is 2.43. The summed E-state index contributed by atoms with van der Waals surface area (Å²) in [6.45, 7) is 6.75. The van der Waals surface area contributed by atoms with Crippen LogP contribution < -0.4 is 0 Å². The van der Waals surface area contributed by atoms with Crippen LogP contribution in [-0.2, 0) is 17.5 Å². The Morgan fingerprint density at radius 3 is 2.68 bits per heavy atom. The number of piperidine rings is 1. The Morgan fingerprint density at radius 2 is 1.97 bits per heavy atom. The molecule has 2 aromatic carbocycles. The van der Waals surface area contributed by atoms with Gasteiger partial charge in [-0.2, -0.15) is 18.3 Å². The van der Waals surface area contributed by atoms with Crippen LogP contribution in [-0.4, -0.2) is 56.4 Å². The van der Waals surface area contributed by atoms with Gasteiger partial charge in [-0.3, -0.25) is 19.2 Å². The molecule has 0 N–H and O–H groups in total. The highest BCUT2D eigenvalue weighted by Crippen LogP contribution is 2.38. The molecule has 0 spiro atoms. The molecule has 2 atom stereocenters. The van der Waals surface area contributed by atoms with Gasteiger partial charge in [0.15, 0.2) is 0 Å². The molecule has 0 bridgehead atoms. The van der Waals surface area contributed by atoms with Crippen molar-refractivity contribution >= 4 is 51.5 Å². The van der Waals surface area contributed by atoms with Gasteiger partial charge in [-0.15, -0.1) is 0 Å². The van der Waals surface area contributed by atoms with Crippen LogP contribution in [0.25, 0.3) is 17.0 Å². The molecule has 0 aliphatic carbocycles. The smallest absolute Gasteiger partial charge is 0.303 e. The van der Waals surface area contributed by atoms with E-state index in [0.717, 1.165) is 43.9 Å². The average molecular weight is 563 g/mol. The largest absolute Gasteiger partial charge is 0.416 e. The summed E-state index contributed by atoms with van der Waals surface area (Å²) in [5, 5.41) is 4.76. The zero-order valence-corrected chi connectivity index (χ0v) is 22.4. The summed E-state index contributed by atoms with van der Waals surface area (Å²) in [6.07, 6.45) is -0.515. The average Bonchev–Trinajstić information content (AvgIpc) is 3.38. The molecule has 0 radical (unpaired) electrons. The van der Waals surface area contributed by atoms with Gasteiger partial charge in [-0.25, -0.2) is 0 Å². The van der Waals surface area contributed by atoms with Crippen LogP contribution in [0, 0.1) is 5.92 Å². The number of likely N-dealkylation sites (tertiary alicyclic amines) is 1. The number of nitrogens with zero attached hydrogens (tertiary/aromatic N) is 4. The van der Waals surface area contributed by atoms with Gasteiger partial charge in [0, 0.05) is 29.5 Å². The van der Waals surface area contributed by atoms with Crippen LogP contribution in [0.4, 0.5) is 18.0 Å². The van der Waals surface area contributed by atoms with Gasteiger partial charge < -0.3 is 4.90 Å². The van der Waals surface area contributed by atoms with Gasteiger partial charge in [0.1, 0.15) is 0 Å². The number of aromatic nitrogens is 2. The van der Waals surface area contributed by atoms with Gasteiger partial charge in [0.05, 0.1) is 28.7 Å². The van der Waals surface area contributed by atoms with Crippen molar-refractivity contribution in [1.29, 1.82) is 0 Å². The van der Waals surface area contributed by atoms with Crippen molar-refractivity contribution in [3.8, 4) is 0 Å². The molecular formula is C27H26ClF3N4O2S. The second-order valence-corrected chi connectivity index (χ2v) is 11.1. The summed E-state index contributed by atoms with van der Waals surface area (Å²) in [4.78, 5) is 30.1. The summed E-state index contributed by atoms with van der Waals surface area (Å²) in [6, 6.07) is 8.91. The Kier molecular flexibility index (Phi) is 7.32. The normalized spacial score (nSPS) is 22.3. The second-order valence-electron chi connectivity index (χ2n) is 9.70. The number of rotatable bonds is 5. The third-order valence-electron chi connectivity index (χ3n) is 7.21. The van der Waals surface area contributed by atoms with Crippen LogP contribution in [0.15, 0.2) is 47.5 Å². The molecule has 2 saturated heterocycles. The zero-order chi connectivity index (χ0) is 27.2. The van der Waals surface area contributed by atoms with Crippen molar-refractivity contribution in [3.05, 3.63) is 69.2 Å². The van der Waals surface area contributed by atoms with E-state index in [9.17, 15) is 22.8 Å². The lowest BCUT2D eigenvalue weighted by Gasteiger charge is -2.39. The topological polar surface area (TPSA) is 58.4 Å². The maximum Gasteiger partial charge on any atom is 0.416 e. The summed E-state index contributed by atoms with van der Waals surface area (Å²) >= 11 is 6.74. The quantitative estimate of drug-likeness (QED) is 0.331. The monoisotopic (exact) mass is 562 g/mol. The van der Waals surface area contributed by atoms with Crippen LogP contribution in [0.2, 0.25) is 5.02 Å². The maximum absolute atomic E-state index is 13.5. The number of halogens is 4. The highest BCUT2D eigenvalue weighted by molar-refractivity contribution is 8.18. The number of amides is 2. The van der Waals surface area contributed by atoms with Crippen LogP contribution in [0.3, 0.4) is 0 Å². The second kappa shape index (κ2) is 10.4. The van der Waals surface area contributed by atoms with E-state index in [4.69, 9.17) is 11.6 Å². The van der Waals surface area contributed by atoms with Crippen molar-refractivity contribution in [2.45, 2.75) is 39.0 Å². The number of hydrogen-bond acceptors (Lipinski definition) is 5. The minimum absolute atomic E-state index is 0.0151. The van der Waals surface area contributed by atoms with Crippen molar-refractivity contribution in [2.24, 2.45) is 5.92 Å². The number of benzene rings is 2. The fourth-order valence-electron chi connectivity index (χ4n) is 5.24. The molecule has 2 aliphatic rings. The SMILES string of the molecule is CCN1CC[C@@H](N2C(=O)S/C(=C\c3ccc4c(cnn4Cc4ccc(Cl)cc4C(F)(F)F)c3)C2=O)[C@H](C)C1. The third-order valence-corrected chi connectivity index (χ3v) is 8.33. The molecule has 0 unspecified atom stereocenters. The molecule has 11 heteroatoms. The summed E-state index contributed by atoms with van der Waals surface area (Å²) in [5.41, 5.74) is 0.619. The fourth-order valence-corrected chi connectivity index (χ4v) is 6.30. The number of hydrogen-bond donors (Lipinski definition) is 0. The third kappa shape index (κ3) is 5.21. The standard InChI is InChI=1S/C27H26ClF3N4O2S/c1-3-33-9-8-22(16(2)14-33)35-25(36)24(38-26(35)37)11-17-4-7-23-19(10-17)13-32-34(23)15-18-5-6-20(28)12-21(18)27(29,30)31/h4-7,10-13,16,22H,3,8-9,14-15H2,1-2H3/b24-11-/t16-,22-/m1/s1. The predicted octanol–water partition coefficient (Wildman–Crippen LogP) is 6.52. The van der Waals surface area contributed by atoms with E-state index >= 15 is 0 Å². The zero-order valence-electron chi connectivity index (χ0n) is 20.8. The number of alkyl halides is 3. The lowest BCUT2D eigenvalue weighted by Crippen LogP contribution is -2.51. The predicted molar refractivity (Wildman–Crippen MR) is 143 cm³/mol. The molecule has 2 fully saturated rings. The molecule has 2 aliphatic heterocycles. The van der Waals surface area contributed by atoms with Crippen molar-refractivity contribution in [3.63, 3.8) is 0 Å². The molecule has 0 saturated carbocycles. The van der Waals surface area contributed by atoms with E-state index in [1.54, 1.807) is 24.4 Å². The summed E-state index contributed by atoms with van der Waals surface area (Å²) < 4.78 is 42.1. The van der Waals surface area contributed by atoms with Gasteiger partial charge >= 0.3 is 6.18 Å². The molecular weight excluding hydrogens is 537 g/mol. The first-order valence-electron chi connectivity index (χ1n) is 12.4. The molecule has 1 aromatic heterocycles. The summed E-state index contributed by atoms with van der Waals surface area (Å²) in [7, 11) is 0. The molecule has 5 rings (SSSR count). The summed E-state index contributed by atoms with van der Waals surface area (Å²) in [5.74, 6) is -0.0859. The fraction of sp³-hybridized carbons (Fsp3) is 0.370. The van der Waals surface area contributed by atoms with E-state index in [1.807, 2.05) is 6.07 Å². The lowest BCUT2D eigenvalue weighted by atomic mass is 9.92. The molecule has 3 heterocycles. The maximum atomic E-state index is 13.5. The Hall–Kier alpha value is -2.82. The Balaban J connectivity index is 1.37. The Labute approximate surface area is 227 Å². The van der Waals surface area contributed by atoms with E-state index in [2.05, 4.69) is 23.8 Å².